The summed E-state index contributed by atoms with van der Waals surface area (Å²) in [6, 6.07) is 4.25. The summed E-state index contributed by atoms with van der Waals surface area (Å²) < 4.78 is 5.32. The maximum Gasteiger partial charge on any atom is 0.0594 e. The Bertz CT molecular complexity index is 307. The fourth-order valence-electron chi connectivity index (χ4n) is 1.85. The zero-order valence-electron chi connectivity index (χ0n) is 9.78. The lowest BCUT2D eigenvalue weighted by Gasteiger charge is -2.26. The Morgan fingerprint density at radius 1 is 1.38 bits per heavy atom. The molecule has 1 aliphatic heterocycles. The van der Waals surface area contributed by atoms with E-state index in [9.17, 15) is 0 Å². The van der Waals surface area contributed by atoms with Crippen LogP contribution in [0.1, 0.15) is 11.3 Å². The number of morpholine rings is 1. The van der Waals surface area contributed by atoms with Crippen molar-refractivity contribution >= 4 is 0 Å². The Kier molecular flexibility index (Phi) is 4.27. The van der Waals surface area contributed by atoms with E-state index >= 15 is 0 Å². The van der Waals surface area contributed by atoms with Gasteiger partial charge in [0.05, 0.1) is 18.9 Å². The van der Waals surface area contributed by atoms with Gasteiger partial charge in [0.1, 0.15) is 0 Å². The number of aromatic nitrogens is 1. The quantitative estimate of drug-likeness (QED) is 0.809. The van der Waals surface area contributed by atoms with Crippen LogP contribution in [0.5, 0.6) is 0 Å². The van der Waals surface area contributed by atoms with Gasteiger partial charge in [0.25, 0.3) is 0 Å². The Morgan fingerprint density at radius 2 is 2.19 bits per heavy atom. The van der Waals surface area contributed by atoms with Crippen molar-refractivity contribution in [2.24, 2.45) is 0 Å². The lowest BCUT2D eigenvalue weighted by Crippen LogP contribution is -2.35. The van der Waals surface area contributed by atoms with Gasteiger partial charge in [-0.05, 0) is 18.7 Å². The Labute approximate surface area is 96.6 Å². The van der Waals surface area contributed by atoms with Crippen LogP contribution in [0.4, 0.5) is 0 Å². The van der Waals surface area contributed by atoms with Crippen LogP contribution in [-0.4, -0.2) is 43.2 Å². The summed E-state index contributed by atoms with van der Waals surface area (Å²) >= 11 is 0. The zero-order valence-corrected chi connectivity index (χ0v) is 9.78. The van der Waals surface area contributed by atoms with Crippen LogP contribution >= 0.6 is 0 Å². The van der Waals surface area contributed by atoms with Gasteiger partial charge in [-0.15, -0.1) is 0 Å². The van der Waals surface area contributed by atoms with Crippen molar-refractivity contribution < 1.29 is 4.74 Å². The molecule has 1 aromatic heterocycles. The molecule has 0 atom stereocenters. The van der Waals surface area contributed by atoms with Crippen molar-refractivity contribution in [3.05, 3.63) is 29.6 Å². The largest absolute Gasteiger partial charge is 0.379 e. The standard InChI is InChI=1S/C12H19N3O/c1-13-8-11-2-3-12(14-9-11)10-15-4-6-16-7-5-15/h2-3,9,13H,4-8,10H2,1H3. The smallest absolute Gasteiger partial charge is 0.0594 e. The summed E-state index contributed by atoms with van der Waals surface area (Å²) in [7, 11) is 1.95. The van der Waals surface area contributed by atoms with E-state index < -0.39 is 0 Å². The number of hydrogen-bond acceptors (Lipinski definition) is 4. The average Bonchev–Trinajstić information content (AvgIpc) is 2.33. The molecule has 88 valence electrons. The predicted octanol–water partition coefficient (Wildman–Crippen LogP) is 0.633. The van der Waals surface area contributed by atoms with Crippen LogP contribution in [0.3, 0.4) is 0 Å². The molecule has 0 saturated carbocycles. The summed E-state index contributed by atoms with van der Waals surface area (Å²) in [6.07, 6.45) is 1.95. The van der Waals surface area contributed by atoms with Crippen molar-refractivity contribution in [2.75, 3.05) is 33.4 Å². The Morgan fingerprint density at radius 3 is 2.81 bits per heavy atom. The van der Waals surface area contributed by atoms with Gasteiger partial charge >= 0.3 is 0 Å². The van der Waals surface area contributed by atoms with E-state index in [4.69, 9.17) is 4.74 Å². The minimum Gasteiger partial charge on any atom is -0.379 e. The minimum absolute atomic E-state index is 0.845. The molecule has 16 heavy (non-hydrogen) atoms. The SMILES string of the molecule is CNCc1ccc(CN2CCOCC2)nc1. The van der Waals surface area contributed by atoms with Crippen LogP contribution in [0.2, 0.25) is 0 Å². The molecule has 2 rings (SSSR count). The maximum atomic E-state index is 5.32. The van der Waals surface area contributed by atoms with Crippen molar-refractivity contribution in [2.45, 2.75) is 13.1 Å². The second-order valence-corrected chi connectivity index (χ2v) is 4.08. The first-order chi connectivity index (χ1) is 7.88. The summed E-state index contributed by atoms with van der Waals surface area (Å²) in [5, 5.41) is 3.12. The summed E-state index contributed by atoms with van der Waals surface area (Å²) in [4.78, 5) is 6.85. The summed E-state index contributed by atoms with van der Waals surface area (Å²) in [5.41, 5.74) is 2.37. The molecule has 0 radical (unpaired) electrons. The van der Waals surface area contributed by atoms with Gasteiger partial charge in [-0.1, -0.05) is 6.07 Å². The van der Waals surface area contributed by atoms with Gasteiger partial charge in [0.2, 0.25) is 0 Å². The third-order valence-corrected chi connectivity index (χ3v) is 2.76. The van der Waals surface area contributed by atoms with E-state index in [1.54, 1.807) is 0 Å². The molecule has 1 fully saturated rings. The molecule has 0 aromatic carbocycles. The molecule has 4 nitrogen and oxygen atoms in total. The van der Waals surface area contributed by atoms with Crippen molar-refractivity contribution in [1.82, 2.24) is 15.2 Å². The Balaban J connectivity index is 1.88. The monoisotopic (exact) mass is 221 g/mol. The number of rotatable bonds is 4. The van der Waals surface area contributed by atoms with Gasteiger partial charge in [-0.3, -0.25) is 9.88 Å². The van der Waals surface area contributed by atoms with Crippen molar-refractivity contribution in [1.29, 1.82) is 0 Å². The molecule has 0 unspecified atom stereocenters. The molecule has 0 amide bonds. The molecule has 0 bridgehead atoms. The molecule has 0 aliphatic carbocycles. The average molecular weight is 221 g/mol. The van der Waals surface area contributed by atoms with Crippen LogP contribution in [0, 0.1) is 0 Å². The first-order valence-corrected chi connectivity index (χ1v) is 5.77. The molecular weight excluding hydrogens is 202 g/mol. The molecule has 1 aliphatic rings. The van der Waals surface area contributed by atoms with Gasteiger partial charge in [-0.25, -0.2) is 0 Å². The molecule has 1 saturated heterocycles. The van der Waals surface area contributed by atoms with Gasteiger partial charge in [-0.2, -0.15) is 0 Å². The van der Waals surface area contributed by atoms with Crippen molar-refractivity contribution in [3.8, 4) is 0 Å². The highest BCUT2D eigenvalue weighted by atomic mass is 16.5. The van der Waals surface area contributed by atoms with Crippen LogP contribution in [0.25, 0.3) is 0 Å². The molecule has 4 heteroatoms. The lowest BCUT2D eigenvalue weighted by atomic mass is 10.2. The van der Waals surface area contributed by atoms with Crippen LogP contribution < -0.4 is 5.32 Å². The van der Waals surface area contributed by atoms with E-state index in [0.717, 1.165) is 45.1 Å². The summed E-state index contributed by atoms with van der Waals surface area (Å²) in [6.45, 7) is 5.53. The number of nitrogens with zero attached hydrogens (tertiary/aromatic N) is 2. The fourth-order valence-corrected chi connectivity index (χ4v) is 1.85. The minimum atomic E-state index is 0.845. The maximum absolute atomic E-state index is 5.32. The van der Waals surface area contributed by atoms with E-state index in [1.807, 2.05) is 13.2 Å². The van der Waals surface area contributed by atoms with Gasteiger partial charge in [0, 0.05) is 32.4 Å². The third kappa shape index (κ3) is 3.27. The molecule has 0 spiro atoms. The molecule has 1 N–H and O–H groups in total. The van der Waals surface area contributed by atoms with Gasteiger partial charge in [0.15, 0.2) is 0 Å². The van der Waals surface area contributed by atoms with Crippen LogP contribution in [0.15, 0.2) is 18.3 Å². The topological polar surface area (TPSA) is 37.4 Å². The second-order valence-electron chi connectivity index (χ2n) is 4.08. The van der Waals surface area contributed by atoms with E-state index in [2.05, 4.69) is 27.3 Å². The highest BCUT2D eigenvalue weighted by Crippen LogP contribution is 2.06. The first-order valence-electron chi connectivity index (χ1n) is 5.77. The van der Waals surface area contributed by atoms with E-state index in [1.165, 1.54) is 5.56 Å². The molecule has 1 aromatic rings. The number of nitrogens with one attached hydrogen (secondary N) is 1. The lowest BCUT2D eigenvalue weighted by molar-refractivity contribution is 0.0336. The van der Waals surface area contributed by atoms with Gasteiger partial charge < -0.3 is 10.1 Å². The number of pyridine rings is 1. The summed E-state index contributed by atoms with van der Waals surface area (Å²) in [5.74, 6) is 0. The van der Waals surface area contributed by atoms with E-state index in [0.29, 0.717) is 0 Å². The van der Waals surface area contributed by atoms with Crippen molar-refractivity contribution in [3.63, 3.8) is 0 Å². The number of hydrogen-bond donors (Lipinski definition) is 1. The molecular formula is C12H19N3O. The number of ether oxygens (including phenoxy) is 1. The first kappa shape index (κ1) is 11.5. The van der Waals surface area contributed by atoms with E-state index in [-0.39, 0.29) is 0 Å². The zero-order chi connectivity index (χ0) is 11.2. The second kappa shape index (κ2) is 5.94. The molecule has 2 heterocycles. The highest BCUT2D eigenvalue weighted by Gasteiger charge is 2.10. The third-order valence-electron chi connectivity index (χ3n) is 2.76. The predicted molar refractivity (Wildman–Crippen MR) is 63.1 cm³/mol. The Hall–Kier alpha value is -0.970. The highest BCUT2D eigenvalue weighted by molar-refractivity contribution is 5.13. The normalized spacial score (nSPS) is 17.6. The fraction of sp³-hybridized carbons (Fsp3) is 0.583. The van der Waals surface area contributed by atoms with Crippen LogP contribution in [-0.2, 0) is 17.8 Å².